The van der Waals surface area contributed by atoms with E-state index in [1.807, 2.05) is 0 Å². The number of nitrogens with two attached hydrogens (primary N) is 1. The fraction of sp³-hybridized carbons (Fsp3) is 0.556. The monoisotopic (exact) mass is 244 g/mol. The SMILES string of the molecule is CNc1nc(N)c(C(=O)N(C)CCOC)s1. The lowest BCUT2D eigenvalue weighted by atomic mass is 10.4. The van der Waals surface area contributed by atoms with E-state index in [0.717, 1.165) is 0 Å². The first-order valence-corrected chi connectivity index (χ1v) is 5.60. The second-order valence-corrected chi connectivity index (χ2v) is 4.20. The summed E-state index contributed by atoms with van der Waals surface area (Å²) in [6.45, 7) is 1.03. The van der Waals surface area contributed by atoms with Gasteiger partial charge in [-0.1, -0.05) is 11.3 Å². The average Bonchev–Trinajstić information content (AvgIpc) is 2.66. The molecule has 0 unspecified atom stereocenters. The summed E-state index contributed by atoms with van der Waals surface area (Å²) in [6, 6.07) is 0. The number of nitrogens with one attached hydrogen (secondary N) is 1. The van der Waals surface area contributed by atoms with E-state index in [0.29, 0.717) is 23.2 Å². The third-order valence-electron chi connectivity index (χ3n) is 2.04. The van der Waals surface area contributed by atoms with Crippen molar-refractivity contribution in [3.63, 3.8) is 0 Å². The Kier molecular flexibility index (Phi) is 4.51. The smallest absolute Gasteiger partial charge is 0.267 e. The highest BCUT2D eigenvalue weighted by molar-refractivity contribution is 7.18. The summed E-state index contributed by atoms with van der Waals surface area (Å²) in [5.74, 6) is 0.136. The highest BCUT2D eigenvalue weighted by atomic mass is 32.1. The van der Waals surface area contributed by atoms with Crippen LogP contribution in [0.4, 0.5) is 10.9 Å². The summed E-state index contributed by atoms with van der Waals surface area (Å²) in [4.78, 5) is 18.0. The standard InChI is InChI=1S/C9H16N4O2S/c1-11-9-12-7(10)6(16-9)8(14)13(2)4-5-15-3/h4-5,10H2,1-3H3,(H,11,12). The van der Waals surface area contributed by atoms with Gasteiger partial charge in [0.05, 0.1) is 6.61 Å². The summed E-state index contributed by atoms with van der Waals surface area (Å²) in [5, 5.41) is 3.50. The number of nitrogens with zero attached hydrogens (tertiary/aromatic N) is 2. The first-order chi connectivity index (χ1) is 7.60. The molecular weight excluding hydrogens is 228 g/mol. The molecule has 0 aliphatic carbocycles. The van der Waals surface area contributed by atoms with E-state index >= 15 is 0 Å². The Hall–Kier alpha value is -1.34. The number of thiazole rings is 1. The maximum atomic E-state index is 11.9. The number of hydrogen-bond donors (Lipinski definition) is 2. The molecule has 0 aliphatic heterocycles. The van der Waals surface area contributed by atoms with Gasteiger partial charge < -0.3 is 20.7 Å². The Bertz CT molecular complexity index is 366. The Morgan fingerprint density at radius 3 is 2.88 bits per heavy atom. The topological polar surface area (TPSA) is 80.5 Å². The van der Waals surface area contributed by atoms with Crippen molar-refractivity contribution in [2.24, 2.45) is 0 Å². The Balaban J connectivity index is 2.75. The molecule has 0 fully saturated rings. The number of anilines is 2. The summed E-state index contributed by atoms with van der Waals surface area (Å²) in [5.41, 5.74) is 5.66. The Morgan fingerprint density at radius 2 is 2.38 bits per heavy atom. The van der Waals surface area contributed by atoms with Gasteiger partial charge in [-0.25, -0.2) is 4.98 Å². The molecule has 7 heteroatoms. The summed E-state index contributed by atoms with van der Waals surface area (Å²) in [6.07, 6.45) is 0. The zero-order valence-electron chi connectivity index (χ0n) is 9.61. The van der Waals surface area contributed by atoms with Crippen LogP contribution in [0.1, 0.15) is 9.67 Å². The molecule has 1 amide bonds. The van der Waals surface area contributed by atoms with Crippen molar-refractivity contribution < 1.29 is 9.53 Å². The lowest BCUT2D eigenvalue weighted by molar-refractivity contribution is 0.0749. The molecule has 0 saturated carbocycles. The molecule has 1 aromatic rings. The van der Waals surface area contributed by atoms with Crippen LogP contribution in [0.15, 0.2) is 0 Å². The van der Waals surface area contributed by atoms with Crippen LogP contribution in [-0.4, -0.2) is 50.1 Å². The summed E-state index contributed by atoms with van der Waals surface area (Å²) in [7, 11) is 5.04. The highest BCUT2D eigenvalue weighted by Gasteiger charge is 2.19. The fourth-order valence-electron chi connectivity index (χ4n) is 1.10. The molecule has 0 spiro atoms. The van der Waals surface area contributed by atoms with Crippen molar-refractivity contribution >= 4 is 28.2 Å². The Labute approximate surface area is 98.4 Å². The maximum absolute atomic E-state index is 11.9. The maximum Gasteiger partial charge on any atom is 0.267 e. The lowest BCUT2D eigenvalue weighted by Crippen LogP contribution is -2.29. The van der Waals surface area contributed by atoms with E-state index in [1.165, 1.54) is 11.3 Å². The van der Waals surface area contributed by atoms with Crippen LogP contribution in [-0.2, 0) is 4.74 Å². The van der Waals surface area contributed by atoms with Gasteiger partial charge in [-0.3, -0.25) is 4.79 Å². The molecule has 6 nitrogen and oxygen atoms in total. The molecular formula is C9H16N4O2S. The third-order valence-corrected chi connectivity index (χ3v) is 3.12. The second-order valence-electron chi connectivity index (χ2n) is 3.20. The van der Waals surface area contributed by atoms with Gasteiger partial charge in [-0.2, -0.15) is 0 Å². The van der Waals surface area contributed by atoms with Crippen LogP contribution in [0, 0.1) is 0 Å². The van der Waals surface area contributed by atoms with Crippen LogP contribution in [0.25, 0.3) is 0 Å². The van der Waals surface area contributed by atoms with E-state index < -0.39 is 0 Å². The first kappa shape index (κ1) is 12.7. The first-order valence-electron chi connectivity index (χ1n) is 4.78. The molecule has 0 saturated heterocycles. The number of hydrogen-bond acceptors (Lipinski definition) is 6. The van der Waals surface area contributed by atoms with Crippen molar-refractivity contribution in [3.8, 4) is 0 Å². The largest absolute Gasteiger partial charge is 0.383 e. The third kappa shape index (κ3) is 2.83. The van der Waals surface area contributed by atoms with Crippen LogP contribution >= 0.6 is 11.3 Å². The normalized spacial score (nSPS) is 10.2. The molecule has 1 aromatic heterocycles. The molecule has 0 atom stereocenters. The van der Waals surface area contributed by atoms with Crippen LogP contribution in [0.3, 0.4) is 0 Å². The van der Waals surface area contributed by atoms with E-state index in [4.69, 9.17) is 10.5 Å². The molecule has 16 heavy (non-hydrogen) atoms. The minimum Gasteiger partial charge on any atom is -0.383 e. The van der Waals surface area contributed by atoms with E-state index in [2.05, 4.69) is 10.3 Å². The van der Waals surface area contributed by atoms with Gasteiger partial charge >= 0.3 is 0 Å². The predicted molar refractivity (Wildman–Crippen MR) is 64.9 cm³/mol. The van der Waals surface area contributed by atoms with E-state index in [1.54, 1.807) is 26.1 Å². The number of amides is 1. The molecule has 0 aromatic carbocycles. The predicted octanol–water partition coefficient (Wildman–Crippen LogP) is 0.485. The van der Waals surface area contributed by atoms with Crippen LogP contribution in [0.2, 0.25) is 0 Å². The Morgan fingerprint density at radius 1 is 1.69 bits per heavy atom. The molecule has 0 radical (unpaired) electrons. The van der Waals surface area contributed by atoms with Crippen molar-refractivity contribution in [2.75, 3.05) is 45.4 Å². The van der Waals surface area contributed by atoms with E-state index in [-0.39, 0.29) is 11.7 Å². The molecule has 90 valence electrons. The van der Waals surface area contributed by atoms with Gasteiger partial charge in [-0.05, 0) is 0 Å². The number of aromatic nitrogens is 1. The van der Waals surface area contributed by atoms with Crippen molar-refractivity contribution in [2.45, 2.75) is 0 Å². The lowest BCUT2D eigenvalue weighted by Gasteiger charge is -2.15. The van der Waals surface area contributed by atoms with Gasteiger partial charge in [0.25, 0.3) is 5.91 Å². The summed E-state index contributed by atoms with van der Waals surface area (Å²) >= 11 is 1.25. The minimum absolute atomic E-state index is 0.131. The number of ether oxygens (including phenoxy) is 1. The highest BCUT2D eigenvalue weighted by Crippen LogP contribution is 2.25. The minimum atomic E-state index is -0.131. The fourth-order valence-corrected chi connectivity index (χ4v) is 1.93. The van der Waals surface area contributed by atoms with Crippen molar-refractivity contribution in [1.29, 1.82) is 0 Å². The number of methoxy groups -OCH3 is 1. The average molecular weight is 244 g/mol. The van der Waals surface area contributed by atoms with Crippen LogP contribution < -0.4 is 11.1 Å². The summed E-state index contributed by atoms with van der Waals surface area (Å²) < 4.78 is 4.91. The molecule has 0 bridgehead atoms. The zero-order valence-corrected chi connectivity index (χ0v) is 10.4. The molecule has 0 aliphatic rings. The van der Waals surface area contributed by atoms with E-state index in [9.17, 15) is 4.79 Å². The molecule has 3 N–H and O–H groups in total. The quantitative estimate of drug-likeness (QED) is 0.787. The number of likely N-dealkylation sites (N-methyl/N-ethyl adjacent to an activating group) is 1. The van der Waals surface area contributed by atoms with Crippen molar-refractivity contribution in [1.82, 2.24) is 9.88 Å². The number of carbonyl (C=O) groups excluding carboxylic acids is 1. The number of nitrogen functional groups attached to an aromatic ring is 1. The second kappa shape index (κ2) is 5.66. The molecule has 1 rings (SSSR count). The van der Waals surface area contributed by atoms with Gasteiger partial charge in [0.2, 0.25) is 0 Å². The van der Waals surface area contributed by atoms with Gasteiger partial charge in [0, 0.05) is 27.7 Å². The number of rotatable bonds is 5. The number of carbonyl (C=O) groups is 1. The van der Waals surface area contributed by atoms with Crippen LogP contribution in [0.5, 0.6) is 0 Å². The van der Waals surface area contributed by atoms with Gasteiger partial charge in [0.1, 0.15) is 10.7 Å². The molecule has 1 heterocycles. The zero-order chi connectivity index (χ0) is 12.1. The van der Waals surface area contributed by atoms with Gasteiger partial charge in [-0.15, -0.1) is 0 Å². The van der Waals surface area contributed by atoms with Crippen molar-refractivity contribution in [3.05, 3.63) is 4.88 Å². The van der Waals surface area contributed by atoms with Gasteiger partial charge in [0.15, 0.2) is 5.13 Å².